The summed E-state index contributed by atoms with van der Waals surface area (Å²) in [7, 11) is 1.78. The molecule has 3 rings (SSSR count). The van der Waals surface area contributed by atoms with Crippen LogP contribution in [-0.4, -0.2) is 30.3 Å². The first-order valence-corrected chi connectivity index (χ1v) is 5.33. The van der Waals surface area contributed by atoms with Crippen LogP contribution in [0.15, 0.2) is 36.9 Å². The summed E-state index contributed by atoms with van der Waals surface area (Å²) in [6, 6.07) is 3.47. The predicted octanol–water partition coefficient (Wildman–Crippen LogP) is 0.715. The van der Waals surface area contributed by atoms with E-state index in [2.05, 4.69) is 20.5 Å². The topological polar surface area (TPSA) is 77.1 Å². The molecule has 0 atom stereocenters. The fourth-order valence-electron chi connectivity index (χ4n) is 1.65. The van der Waals surface area contributed by atoms with Gasteiger partial charge in [-0.05, 0) is 6.07 Å². The third-order valence-corrected chi connectivity index (χ3v) is 2.48. The number of nitrogens with zero attached hydrogens (tertiary/aromatic N) is 5. The highest BCUT2D eigenvalue weighted by molar-refractivity contribution is 6.07. The smallest absolute Gasteiger partial charge is 0.262 e. The minimum absolute atomic E-state index is 0.276. The Labute approximate surface area is 102 Å². The Balaban J connectivity index is 1.92. The summed E-state index contributed by atoms with van der Waals surface area (Å²) in [5, 5.41) is 10.8. The fourth-order valence-corrected chi connectivity index (χ4v) is 1.65. The van der Waals surface area contributed by atoms with Gasteiger partial charge in [0.05, 0.1) is 6.20 Å². The predicted molar refractivity (Wildman–Crippen MR) is 64.1 cm³/mol. The summed E-state index contributed by atoms with van der Waals surface area (Å²) in [5.41, 5.74) is 0.937. The first-order chi connectivity index (χ1) is 8.74. The standard InChI is InChI=1S/C11H10N6O/c1-16-6-3-9(15-16)14-11(18)8-7-13-17-5-2-4-12-10(8)17/h2-7H,1H3,(H,14,15,18). The first-order valence-electron chi connectivity index (χ1n) is 5.33. The van der Waals surface area contributed by atoms with E-state index in [4.69, 9.17) is 0 Å². The first kappa shape index (κ1) is 10.5. The molecule has 0 spiro atoms. The van der Waals surface area contributed by atoms with Crippen molar-refractivity contribution in [2.24, 2.45) is 7.05 Å². The molecule has 0 unspecified atom stereocenters. The van der Waals surface area contributed by atoms with Crippen molar-refractivity contribution in [3.63, 3.8) is 0 Å². The molecule has 0 aliphatic rings. The maximum Gasteiger partial charge on any atom is 0.262 e. The van der Waals surface area contributed by atoms with Crippen LogP contribution in [0.5, 0.6) is 0 Å². The van der Waals surface area contributed by atoms with Gasteiger partial charge in [-0.3, -0.25) is 9.48 Å². The monoisotopic (exact) mass is 242 g/mol. The van der Waals surface area contributed by atoms with Gasteiger partial charge in [-0.25, -0.2) is 9.50 Å². The number of aryl methyl sites for hydroxylation is 1. The maximum atomic E-state index is 12.0. The lowest BCUT2D eigenvalue weighted by Crippen LogP contribution is -2.12. The number of hydrogen-bond acceptors (Lipinski definition) is 4. The van der Waals surface area contributed by atoms with Crippen LogP contribution in [0.1, 0.15) is 10.4 Å². The summed E-state index contributed by atoms with van der Waals surface area (Å²) in [6.45, 7) is 0. The Morgan fingerprint density at radius 1 is 1.39 bits per heavy atom. The average Bonchev–Trinajstić information content (AvgIpc) is 2.95. The Hall–Kier alpha value is -2.70. The summed E-state index contributed by atoms with van der Waals surface area (Å²) in [5.74, 6) is 0.222. The van der Waals surface area contributed by atoms with E-state index < -0.39 is 0 Å². The van der Waals surface area contributed by atoms with Crippen molar-refractivity contribution >= 4 is 17.4 Å². The molecule has 3 heterocycles. The Bertz CT molecular complexity index is 713. The number of hydrogen-bond donors (Lipinski definition) is 1. The molecular weight excluding hydrogens is 232 g/mol. The SMILES string of the molecule is Cn1ccc(NC(=O)c2cnn3cccnc23)n1. The van der Waals surface area contributed by atoms with Crippen LogP contribution < -0.4 is 5.32 Å². The number of anilines is 1. The van der Waals surface area contributed by atoms with Crippen molar-refractivity contribution in [3.8, 4) is 0 Å². The Morgan fingerprint density at radius 2 is 2.28 bits per heavy atom. The summed E-state index contributed by atoms with van der Waals surface area (Å²) in [6.07, 6.45) is 6.60. The van der Waals surface area contributed by atoms with Crippen molar-refractivity contribution in [3.05, 3.63) is 42.5 Å². The van der Waals surface area contributed by atoms with E-state index in [9.17, 15) is 4.79 Å². The third-order valence-electron chi connectivity index (χ3n) is 2.48. The van der Waals surface area contributed by atoms with Crippen LogP contribution >= 0.6 is 0 Å². The lowest BCUT2D eigenvalue weighted by molar-refractivity contribution is 0.102. The van der Waals surface area contributed by atoms with Gasteiger partial charge in [0.15, 0.2) is 11.5 Å². The van der Waals surface area contributed by atoms with E-state index in [1.165, 1.54) is 6.20 Å². The average molecular weight is 242 g/mol. The number of fused-ring (bicyclic) bond motifs is 1. The molecule has 0 saturated heterocycles. The van der Waals surface area contributed by atoms with Crippen LogP contribution in [0.4, 0.5) is 5.82 Å². The van der Waals surface area contributed by atoms with Gasteiger partial charge in [0.2, 0.25) is 0 Å². The zero-order valence-electron chi connectivity index (χ0n) is 9.61. The molecule has 0 aliphatic carbocycles. The molecule has 0 aliphatic heterocycles. The van der Waals surface area contributed by atoms with Crippen molar-refractivity contribution in [2.75, 3.05) is 5.32 Å². The molecule has 0 saturated carbocycles. The van der Waals surface area contributed by atoms with Crippen LogP contribution in [0.25, 0.3) is 5.65 Å². The van der Waals surface area contributed by atoms with Gasteiger partial charge < -0.3 is 5.32 Å². The highest BCUT2D eigenvalue weighted by atomic mass is 16.1. The number of rotatable bonds is 2. The second-order valence-corrected chi connectivity index (χ2v) is 3.77. The number of amides is 1. The molecule has 3 aromatic rings. The molecule has 1 N–H and O–H groups in total. The normalized spacial score (nSPS) is 10.7. The second kappa shape index (κ2) is 3.95. The largest absolute Gasteiger partial charge is 0.305 e. The van der Waals surface area contributed by atoms with E-state index in [-0.39, 0.29) is 5.91 Å². The lowest BCUT2D eigenvalue weighted by Gasteiger charge is -1.99. The zero-order valence-corrected chi connectivity index (χ0v) is 9.61. The molecular formula is C11H10N6O. The van der Waals surface area contributed by atoms with E-state index in [0.717, 1.165) is 0 Å². The summed E-state index contributed by atoms with van der Waals surface area (Å²) in [4.78, 5) is 16.2. The van der Waals surface area contributed by atoms with E-state index in [0.29, 0.717) is 17.0 Å². The lowest BCUT2D eigenvalue weighted by atomic mass is 10.3. The zero-order chi connectivity index (χ0) is 12.5. The van der Waals surface area contributed by atoms with Gasteiger partial charge in [-0.2, -0.15) is 10.2 Å². The molecule has 90 valence electrons. The van der Waals surface area contributed by atoms with Crippen LogP contribution in [0.3, 0.4) is 0 Å². The summed E-state index contributed by atoms with van der Waals surface area (Å²) >= 11 is 0. The molecule has 0 radical (unpaired) electrons. The Kier molecular flexibility index (Phi) is 2.30. The van der Waals surface area contributed by atoms with Gasteiger partial charge in [0.1, 0.15) is 5.56 Å². The number of carbonyl (C=O) groups is 1. The molecule has 3 aromatic heterocycles. The van der Waals surface area contributed by atoms with Crippen LogP contribution in [-0.2, 0) is 7.05 Å². The van der Waals surface area contributed by atoms with Crippen LogP contribution in [0.2, 0.25) is 0 Å². The van der Waals surface area contributed by atoms with Crippen molar-refractivity contribution < 1.29 is 4.79 Å². The minimum atomic E-state index is -0.276. The number of aromatic nitrogens is 5. The maximum absolute atomic E-state index is 12.0. The fraction of sp³-hybridized carbons (Fsp3) is 0.0909. The number of nitrogens with one attached hydrogen (secondary N) is 1. The molecule has 18 heavy (non-hydrogen) atoms. The number of carbonyl (C=O) groups excluding carboxylic acids is 1. The van der Waals surface area contributed by atoms with Crippen molar-refractivity contribution in [1.82, 2.24) is 24.4 Å². The van der Waals surface area contributed by atoms with Crippen LogP contribution in [0, 0.1) is 0 Å². The molecule has 0 fully saturated rings. The quantitative estimate of drug-likeness (QED) is 0.718. The third kappa shape index (κ3) is 1.71. The Morgan fingerprint density at radius 3 is 3.06 bits per heavy atom. The van der Waals surface area contributed by atoms with Gasteiger partial charge in [0, 0.05) is 31.7 Å². The van der Waals surface area contributed by atoms with Gasteiger partial charge in [-0.1, -0.05) is 0 Å². The minimum Gasteiger partial charge on any atom is -0.305 e. The van der Waals surface area contributed by atoms with Crippen molar-refractivity contribution in [2.45, 2.75) is 0 Å². The molecule has 7 heteroatoms. The van der Waals surface area contributed by atoms with Crippen molar-refractivity contribution in [1.29, 1.82) is 0 Å². The van der Waals surface area contributed by atoms with E-state index in [1.807, 2.05) is 0 Å². The van der Waals surface area contributed by atoms with E-state index >= 15 is 0 Å². The molecule has 0 aromatic carbocycles. The molecule has 1 amide bonds. The van der Waals surface area contributed by atoms with Gasteiger partial charge >= 0.3 is 0 Å². The summed E-state index contributed by atoms with van der Waals surface area (Å²) < 4.78 is 3.16. The highest BCUT2D eigenvalue weighted by Gasteiger charge is 2.14. The molecule has 0 bridgehead atoms. The second-order valence-electron chi connectivity index (χ2n) is 3.77. The van der Waals surface area contributed by atoms with E-state index in [1.54, 1.807) is 47.0 Å². The molecule has 7 nitrogen and oxygen atoms in total. The van der Waals surface area contributed by atoms with Gasteiger partial charge in [0.25, 0.3) is 5.91 Å². The highest BCUT2D eigenvalue weighted by Crippen LogP contribution is 2.10. The van der Waals surface area contributed by atoms with Gasteiger partial charge in [-0.15, -0.1) is 0 Å².